The number of benzene rings is 1. The van der Waals surface area contributed by atoms with Crippen LogP contribution < -0.4 is 16.0 Å². The number of amides is 4. The minimum Gasteiger partial charge on any atom is -0.480 e. The van der Waals surface area contributed by atoms with E-state index in [1.165, 1.54) is 0 Å². The molecule has 0 bridgehead atoms. The van der Waals surface area contributed by atoms with E-state index < -0.39 is 102 Å². The van der Waals surface area contributed by atoms with Gasteiger partial charge in [0.05, 0.1) is 12.1 Å². The summed E-state index contributed by atoms with van der Waals surface area (Å²) in [4.78, 5) is 79.6. The number of hydrogen-bond donors (Lipinski definition) is 4. The second kappa shape index (κ2) is 15.2. The maximum Gasteiger partial charge on any atom is 0.408 e. The summed E-state index contributed by atoms with van der Waals surface area (Å²) in [6, 6.07) is 3.00. The number of nitrogens with zero attached hydrogens (tertiary/aromatic N) is 1. The maximum atomic E-state index is 15.0. The number of carboxylic acid groups (broad SMARTS) is 1. The number of hydrogen-bond acceptors (Lipinski definition) is 7. The number of alkyl halides is 2. The highest BCUT2D eigenvalue weighted by Gasteiger charge is 2.61. The molecule has 47 heavy (non-hydrogen) atoms. The summed E-state index contributed by atoms with van der Waals surface area (Å²) in [5.74, 6) is -10.8. The molecule has 12 nitrogen and oxygen atoms in total. The number of Topliss-reactive ketones (excluding diaryl/α,β-unsaturated/α-hetero) is 1. The molecule has 1 aliphatic carbocycles. The number of halogens is 2. The van der Waals surface area contributed by atoms with E-state index in [-0.39, 0.29) is 19.3 Å². The van der Waals surface area contributed by atoms with E-state index >= 15 is 8.78 Å². The fourth-order valence-corrected chi connectivity index (χ4v) is 6.26. The second-order valence-electron chi connectivity index (χ2n) is 13.7. The molecule has 0 radical (unpaired) electrons. The van der Waals surface area contributed by atoms with E-state index in [0.717, 1.165) is 4.90 Å². The van der Waals surface area contributed by atoms with Gasteiger partial charge in [0.25, 0.3) is 11.8 Å². The SMILES string of the molecule is CCC[C@H](NC(=O)[C@@H]1[C@H]2CCC(F)(F)[C@H]2CN1C(=O)[C@@H](NC(=O)OC(C)C)C(C)(C)C)C(=O)C(=O)N[C@@H](Cc1ccccc1)C(=O)O. The minimum absolute atomic E-state index is 0.00739. The van der Waals surface area contributed by atoms with E-state index in [1.807, 2.05) is 0 Å². The lowest BCUT2D eigenvalue weighted by molar-refractivity contribution is -0.146. The van der Waals surface area contributed by atoms with Crippen molar-refractivity contribution < 1.29 is 47.4 Å². The first-order valence-corrected chi connectivity index (χ1v) is 15.9. The lowest BCUT2D eigenvalue weighted by atomic mass is 9.85. The van der Waals surface area contributed by atoms with Gasteiger partial charge in [0.15, 0.2) is 0 Å². The number of rotatable bonds is 13. The van der Waals surface area contributed by atoms with Crippen LogP contribution in [0.3, 0.4) is 0 Å². The molecule has 1 aromatic carbocycles. The lowest BCUT2D eigenvalue weighted by Gasteiger charge is -2.36. The third-order valence-electron chi connectivity index (χ3n) is 8.59. The third-order valence-corrected chi connectivity index (χ3v) is 8.59. The number of carbonyl (C=O) groups is 6. The van der Waals surface area contributed by atoms with Crippen molar-refractivity contribution in [2.24, 2.45) is 17.3 Å². The molecule has 0 unspecified atom stereocenters. The van der Waals surface area contributed by atoms with E-state index in [2.05, 4.69) is 16.0 Å². The Hall–Kier alpha value is -4.10. The molecule has 2 fully saturated rings. The number of nitrogens with one attached hydrogen (secondary N) is 3. The van der Waals surface area contributed by atoms with Crippen LogP contribution in [-0.4, -0.2) is 88.3 Å². The Balaban J connectivity index is 1.86. The lowest BCUT2D eigenvalue weighted by Crippen LogP contribution is -2.60. The number of aliphatic carboxylic acids is 1. The molecule has 2 aliphatic rings. The van der Waals surface area contributed by atoms with Gasteiger partial charge in [0.1, 0.15) is 18.1 Å². The zero-order valence-electron chi connectivity index (χ0n) is 27.7. The van der Waals surface area contributed by atoms with Crippen molar-refractivity contribution in [2.45, 2.75) is 110 Å². The fraction of sp³-hybridized carbons (Fsp3) is 0.636. The van der Waals surface area contributed by atoms with Crippen LogP contribution in [0.5, 0.6) is 0 Å². The summed E-state index contributed by atoms with van der Waals surface area (Å²) in [5.41, 5.74) is -0.298. The predicted molar refractivity (Wildman–Crippen MR) is 166 cm³/mol. The summed E-state index contributed by atoms with van der Waals surface area (Å²) in [7, 11) is 0. The maximum absolute atomic E-state index is 15.0. The first-order valence-electron chi connectivity index (χ1n) is 15.9. The summed E-state index contributed by atoms with van der Waals surface area (Å²) < 4.78 is 35.2. The average Bonchev–Trinajstić information content (AvgIpc) is 3.51. The van der Waals surface area contributed by atoms with Crippen LogP contribution in [0.1, 0.15) is 72.8 Å². The average molecular weight is 665 g/mol. The van der Waals surface area contributed by atoms with Gasteiger partial charge >= 0.3 is 12.1 Å². The van der Waals surface area contributed by atoms with Crippen LogP contribution in [-0.2, 0) is 35.1 Å². The number of ketones is 1. The van der Waals surface area contributed by atoms with E-state index in [4.69, 9.17) is 4.74 Å². The molecule has 0 aromatic heterocycles. The molecule has 1 heterocycles. The highest BCUT2D eigenvalue weighted by molar-refractivity contribution is 6.38. The van der Waals surface area contributed by atoms with Gasteiger partial charge in [-0.25, -0.2) is 18.4 Å². The van der Waals surface area contributed by atoms with Crippen LogP contribution in [0.4, 0.5) is 13.6 Å². The van der Waals surface area contributed by atoms with E-state index in [0.29, 0.717) is 12.0 Å². The number of carbonyl (C=O) groups excluding carboxylic acids is 5. The summed E-state index contributed by atoms with van der Waals surface area (Å²) >= 11 is 0. The number of likely N-dealkylation sites (tertiary alicyclic amines) is 1. The van der Waals surface area contributed by atoms with Gasteiger partial charge in [-0.3, -0.25) is 19.2 Å². The van der Waals surface area contributed by atoms with Gasteiger partial charge in [0, 0.05) is 25.3 Å². The molecule has 4 N–H and O–H groups in total. The van der Waals surface area contributed by atoms with E-state index in [9.17, 15) is 33.9 Å². The van der Waals surface area contributed by atoms with Crippen molar-refractivity contribution in [3.05, 3.63) is 35.9 Å². The standard InChI is InChI=1S/C33H46F2N4O8/c1-7-11-22(25(40)28(42)37-23(30(44)45)16-19-12-9-8-10-13-19)36-27(41)24-20-14-15-33(34,35)21(20)17-39(24)29(43)26(32(4,5)6)38-31(46)47-18(2)3/h8-10,12-13,18,20-24,26H,7,11,14-17H2,1-6H3,(H,36,41)(H,37,42)(H,38,46)(H,44,45)/t20-,21-,22-,23-,24-,26+/m0/s1. The van der Waals surface area contributed by atoms with Crippen molar-refractivity contribution in [3.8, 4) is 0 Å². The molecule has 260 valence electrons. The second-order valence-corrected chi connectivity index (χ2v) is 13.7. The molecular formula is C33H46F2N4O8. The number of fused-ring (bicyclic) bond motifs is 1. The Morgan fingerprint density at radius 3 is 2.21 bits per heavy atom. The molecule has 1 aliphatic heterocycles. The van der Waals surface area contributed by atoms with Crippen LogP contribution in [0.2, 0.25) is 0 Å². The van der Waals surface area contributed by atoms with Crippen molar-refractivity contribution >= 4 is 35.6 Å². The normalized spacial score (nSPS) is 22.1. The van der Waals surface area contributed by atoms with Gasteiger partial charge in [-0.05, 0) is 43.6 Å². The predicted octanol–water partition coefficient (Wildman–Crippen LogP) is 3.07. The largest absolute Gasteiger partial charge is 0.480 e. The monoisotopic (exact) mass is 664 g/mol. The van der Waals surface area contributed by atoms with Gasteiger partial charge in [0.2, 0.25) is 17.6 Å². The van der Waals surface area contributed by atoms with Gasteiger partial charge < -0.3 is 30.7 Å². The molecule has 3 rings (SSSR count). The third kappa shape index (κ3) is 9.25. The molecule has 4 amide bonds. The number of alkyl carbamates (subject to hydrolysis) is 1. The Morgan fingerprint density at radius 1 is 1.02 bits per heavy atom. The molecular weight excluding hydrogens is 618 g/mol. The Bertz CT molecular complexity index is 1330. The van der Waals surface area contributed by atoms with Crippen LogP contribution in [0.25, 0.3) is 0 Å². The number of carboxylic acids is 1. The quantitative estimate of drug-likeness (QED) is 0.233. The van der Waals surface area contributed by atoms with Gasteiger partial charge in [-0.1, -0.05) is 64.4 Å². The highest BCUT2D eigenvalue weighted by atomic mass is 19.3. The van der Waals surface area contributed by atoms with Gasteiger partial charge in [-0.15, -0.1) is 0 Å². The molecule has 1 saturated heterocycles. The van der Waals surface area contributed by atoms with Crippen LogP contribution in [0.15, 0.2) is 30.3 Å². The van der Waals surface area contributed by atoms with Gasteiger partial charge in [-0.2, -0.15) is 0 Å². The summed E-state index contributed by atoms with van der Waals surface area (Å²) in [6.07, 6.45) is -1.68. The van der Waals surface area contributed by atoms with Crippen molar-refractivity contribution in [1.29, 1.82) is 0 Å². The molecule has 14 heteroatoms. The van der Waals surface area contributed by atoms with Crippen LogP contribution >= 0.6 is 0 Å². The molecule has 1 aromatic rings. The van der Waals surface area contributed by atoms with Crippen molar-refractivity contribution in [3.63, 3.8) is 0 Å². The number of ether oxygens (including phenoxy) is 1. The smallest absolute Gasteiger partial charge is 0.408 e. The molecule has 6 atom stereocenters. The first kappa shape index (κ1) is 37.4. The molecule has 0 spiro atoms. The Kier molecular flexibility index (Phi) is 12.1. The Morgan fingerprint density at radius 2 is 1.66 bits per heavy atom. The van der Waals surface area contributed by atoms with Crippen LogP contribution in [0, 0.1) is 17.3 Å². The summed E-state index contributed by atoms with van der Waals surface area (Å²) in [5, 5.41) is 16.9. The zero-order chi connectivity index (χ0) is 35.3. The zero-order valence-corrected chi connectivity index (χ0v) is 27.7. The van der Waals surface area contributed by atoms with E-state index in [1.54, 1.807) is 71.9 Å². The highest BCUT2D eigenvalue weighted by Crippen LogP contribution is 2.51. The summed E-state index contributed by atoms with van der Waals surface area (Å²) in [6.45, 7) is 9.50. The van der Waals surface area contributed by atoms with Crippen molar-refractivity contribution in [2.75, 3.05) is 6.54 Å². The Labute approximate surface area is 273 Å². The van der Waals surface area contributed by atoms with Crippen molar-refractivity contribution in [1.82, 2.24) is 20.9 Å². The minimum atomic E-state index is -3.15. The molecule has 1 saturated carbocycles. The topological polar surface area (TPSA) is 171 Å². The first-order chi connectivity index (χ1) is 21.9. The fourth-order valence-electron chi connectivity index (χ4n) is 6.26.